The Hall–Kier alpha value is -13.8. The van der Waals surface area contributed by atoms with E-state index in [1.807, 2.05) is 161 Å². The van der Waals surface area contributed by atoms with Crippen molar-refractivity contribution < 1.29 is 39.3 Å². The molecule has 10 nitrogen and oxygen atoms in total. The summed E-state index contributed by atoms with van der Waals surface area (Å²) < 4.78 is 13.1. The van der Waals surface area contributed by atoms with E-state index in [-0.39, 0.29) is 61.7 Å². The molecule has 0 aliphatic carbocycles. The van der Waals surface area contributed by atoms with E-state index in [1.54, 1.807) is 12.4 Å². The Balaban J connectivity index is 0.000000124. The minimum Gasteiger partial charge on any atom is -0.399 e. The maximum atomic E-state index is 12.8. The van der Waals surface area contributed by atoms with Gasteiger partial charge in [0, 0.05) is 85.2 Å². The van der Waals surface area contributed by atoms with Crippen molar-refractivity contribution in [2.24, 2.45) is 0 Å². The van der Waals surface area contributed by atoms with Crippen LogP contribution in [0, 0.1) is 13.8 Å². The summed E-state index contributed by atoms with van der Waals surface area (Å²) in [5.74, 6) is 0.304. The van der Waals surface area contributed by atoms with Gasteiger partial charge in [0.2, 0.25) is 11.8 Å². The summed E-state index contributed by atoms with van der Waals surface area (Å²) in [6, 6.07) is 173. The van der Waals surface area contributed by atoms with Crippen LogP contribution < -0.4 is 80.2 Å². The minimum atomic E-state index is -0.446. The number of pyridine rings is 2. The summed E-state index contributed by atoms with van der Waals surface area (Å²) in [5, 5.41) is 20.1. The molecule has 2 amide bonds. The predicted octanol–water partition coefficient (Wildman–Crippen LogP) is 24.0. The molecule has 23 rings (SSSR count). The van der Waals surface area contributed by atoms with Crippen molar-refractivity contribution in [2.45, 2.75) is 91.8 Å². The molecule has 147 heavy (non-hydrogen) atoms. The second-order valence-corrected chi connectivity index (χ2v) is 46.6. The van der Waals surface area contributed by atoms with Crippen molar-refractivity contribution >= 4 is 157 Å². The summed E-state index contributed by atoms with van der Waals surface area (Å²) in [5.41, 5.74) is 11.4. The second kappa shape index (κ2) is 52.0. The topological polar surface area (TPSA) is 125 Å². The Morgan fingerprint density at radius 1 is 0.293 bits per heavy atom. The molecule has 0 unspecified atom stereocenters. The number of hydrogen-bond acceptors (Lipinski definition) is 6. The number of nitrogens with zero attached hydrogens (tertiary/aromatic N) is 2. The normalized spacial score (nSPS) is 12.7. The summed E-state index contributed by atoms with van der Waals surface area (Å²) in [7, 11) is -2.15. The van der Waals surface area contributed by atoms with Crippen LogP contribution in [-0.4, -0.2) is 49.9 Å². The molecule has 3 aliphatic rings. The fraction of sp³-hybridized carbons (Fsp3) is 0.108. The summed E-state index contributed by atoms with van der Waals surface area (Å²) in [4.78, 5) is 58.3. The van der Waals surface area contributed by atoms with Crippen LogP contribution >= 0.6 is 47.6 Å². The molecule has 1 fully saturated rings. The van der Waals surface area contributed by atoms with E-state index in [1.165, 1.54) is 85.9 Å². The third-order valence-corrected chi connectivity index (χ3v) is 36.5. The Kier molecular flexibility index (Phi) is 37.5. The van der Waals surface area contributed by atoms with Gasteiger partial charge in [0.15, 0.2) is 0 Å². The Morgan fingerprint density at radius 2 is 0.517 bits per heavy atom. The number of fused-ring (bicyclic) bond motifs is 4. The van der Waals surface area contributed by atoms with Gasteiger partial charge in [-0.3, -0.25) is 19.2 Å². The van der Waals surface area contributed by atoms with Crippen molar-refractivity contribution in [3.8, 4) is 11.1 Å². The zero-order valence-corrected chi connectivity index (χ0v) is 89.9. The number of carbonyl (C=O) groups excluding carboxylic acids is 2. The standard InChI is InChI=1S/C26H22N2O2.C22H26BNO3.4C18H15P.C10H8BrNO.Pd/c1-17-6-11-22-23(12-17)24(14-27-26(22)30)19-9-7-18(8-10-19)13-25(29)28-15-20-4-2-3-5-21(20)16-28;1-21(2)22(3,4)27-23(26-21)19-11-9-16(10-12-19)13-20(25)24-14-17-7-5-6-8-18(17)15-24;4*1-4-10-16(11-5-1)19(17-12-6-2-7-13-17)18-14-8-3-9-15-18;1-6-2-3-7-8(4-6)9(11)5-12-10(7)13;/h2-12,14H,13,15-16H2,1H3,(H,27,30);5-12H,13-15H2,1-4H3;4*1-15H;2-5H,1H3,(H,12,13);. The first kappa shape index (κ1) is 106. The van der Waals surface area contributed by atoms with Crippen molar-refractivity contribution in [3.05, 3.63) is 580 Å². The van der Waals surface area contributed by atoms with E-state index in [4.69, 9.17) is 9.31 Å². The largest absolute Gasteiger partial charge is 0.494 e. The Labute approximate surface area is 891 Å². The number of aromatic nitrogens is 2. The summed E-state index contributed by atoms with van der Waals surface area (Å²) >= 11 is 3.40. The molecule has 2 N–H and O–H groups in total. The monoisotopic (exact) mass is 2150 g/mol. The van der Waals surface area contributed by atoms with E-state index < -0.39 is 31.7 Å². The first-order valence-electron chi connectivity index (χ1n) is 49.3. The number of hydrogen-bond donors (Lipinski definition) is 2. The van der Waals surface area contributed by atoms with Gasteiger partial charge in [-0.1, -0.05) is 496 Å². The van der Waals surface area contributed by atoms with Gasteiger partial charge in [0.25, 0.3) is 11.1 Å². The van der Waals surface area contributed by atoms with Crippen LogP contribution in [0.15, 0.2) is 524 Å². The quantitative estimate of drug-likeness (QED) is 0.0651. The minimum absolute atomic E-state index is 0. The Morgan fingerprint density at radius 3 is 0.776 bits per heavy atom. The molecule has 5 heterocycles. The number of carbonyl (C=O) groups is 2. The van der Waals surface area contributed by atoms with Crippen molar-refractivity contribution in [3.63, 3.8) is 0 Å². The van der Waals surface area contributed by atoms with Crippen LogP contribution in [0.3, 0.4) is 0 Å². The van der Waals surface area contributed by atoms with E-state index in [0.29, 0.717) is 44.4 Å². The molecule has 0 spiro atoms. The van der Waals surface area contributed by atoms with Gasteiger partial charge in [0.1, 0.15) is 0 Å². The van der Waals surface area contributed by atoms with Crippen LogP contribution in [-0.2, 0) is 78.3 Å². The molecule has 20 aromatic rings. The van der Waals surface area contributed by atoms with Gasteiger partial charge in [-0.2, -0.15) is 0 Å². The van der Waals surface area contributed by atoms with E-state index in [0.717, 1.165) is 59.5 Å². The first-order chi connectivity index (χ1) is 71.3. The van der Waals surface area contributed by atoms with E-state index >= 15 is 0 Å². The number of halogens is 1. The van der Waals surface area contributed by atoms with Crippen LogP contribution in [0.1, 0.15) is 72.2 Å². The number of nitrogens with one attached hydrogen (secondary N) is 2. The molecule has 1 saturated heterocycles. The first-order valence-corrected chi connectivity index (χ1v) is 55.4. The maximum Gasteiger partial charge on any atom is 0.494 e. The number of amides is 2. The van der Waals surface area contributed by atoms with Gasteiger partial charge in [-0.05, 0) is 215 Å². The third-order valence-electron chi connectivity index (χ3n) is 26.1. The molecule has 0 saturated carbocycles. The molecule has 0 bridgehead atoms. The SMILES string of the molecule is CC1(C)OB(c2ccc(CC(=O)N3Cc4ccccc4C3)cc2)OC1(C)C.Cc1ccc2c(=O)[nH]cc(-c3ccc(CC(=O)N4Cc5ccccc5C4)cc3)c2c1.Cc1ccc2c(=O)[nH]cc(Br)c2c1.[Pd].c1ccc(P(c2ccccc2)c2ccccc2)cc1.c1ccc(P(c2ccccc2)c2ccccc2)cc1.c1ccc(P(c2ccccc2)c2ccccc2)cc1.c1ccc(P(c2ccccc2)c2ccccc2)cc1. The smallest absolute Gasteiger partial charge is 0.399 e. The zero-order valence-electron chi connectivity index (χ0n) is 83.1. The van der Waals surface area contributed by atoms with Crippen LogP contribution in [0.5, 0.6) is 0 Å². The Bertz CT molecular complexity index is 6840. The molecule has 17 heteroatoms. The van der Waals surface area contributed by atoms with Crippen molar-refractivity contribution in [1.82, 2.24) is 19.8 Å². The zero-order chi connectivity index (χ0) is 101. The molecule has 0 radical (unpaired) electrons. The number of rotatable bonds is 18. The van der Waals surface area contributed by atoms with Gasteiger partial charge < -0.3 is 29.1 Å². The van der Waals surface area contributed by atoms with Gasteiger partial charge in [-0.25, -0.2) is 0 Å². The summed E-state index contributed by atoms with van der Waals surface area (Å²) in [6.45, 7) is 15.0. The number of aromatic amines is 2. The number of aryl methyl sites for hydroxylation is 2. The van der Waals surface area contributed by atoms with Crippen molar-refractivity contribution in [2.75, 3.05) is 0 Å². The maximum absolute atomic E-state index is 12.8. The third kappa shape index (κ3) is 27.9. The number of benzene rings is 18. The molecule has 18 aromatic carbocycles. The molecular weight excluding hydrogens is 2030 g/mol. The molecule has 0 atom stereocenters. The van der Waals surface area contributed by atoms with Gasteiger partial charge >= 0.3 is 7.12 Å². The predicted molar refractivity (Wildman–Crippen MR) is 623 cm³/mol. The fourth-order valence-corrected chi connectivity index (χ4v) is 27.5. The summed E-state index contributed by atoms with van der Waals surface area (Å²) in [6.07, 6.45) is 4.24. The average Bonchev–Trinajstić information content (AvgIpc) is 1.72. The molecule has 732 valence electrons. The number of H-pyrrole nitrogens is 2. The molecular formula is C130H116BBrN4O6P4Pd. The van der Waals surface area contributed by atoms with Crippen LogP contribution in [0.2, 0.25) is 0 Å². The second-order valence-electron chi connectivity index (χ2n) is 36.9. The van der Waals surface area contributed by atoms with E-state index in [2.05, 4.69) is 414 Å². The fourth-order valence-electron chi connectivity index (χ4n) is 17.8. The molecule has 3 aliphatic heterocycles. The van der Waals surface area contributed by atoms with Gasteiger partial charge in [-0.15, -0.1) is 0 Å². The van der Waals surface area contributed by atoms with E-state index in [9.17, 15) is 19.2 Å². The van der Waals surface area contributed by atoms with Crippen LogP contribution in [0.25, 0.3) is 32.7 Å². The average molecular weight is 2150 g/mol. The van der Waals surface area contributed by atoms with Crippen LogP contribution in [0.4, 0.5) is 0 Å². The molecule has 2 aromatic heterocycles. The van der Waals surface area contributed by atoms with Crippen molar-refractivity contribution in [1.29, 1.82) is 0 Å². The van der Waals surface area contributed by atoms with Gasteiger partial charge in [0.05, 0.1) is 24.0 Å².